The third kappa shape index (κ3) is 5.75. The Hall–Kier alpha value is -3.11. The van der Waals surface area contributed by atoms with E-state index in [9.17, 15) is 13.2 Å². The highest BCUT2D eigenvalue weighted by molar-refractivity contribution is 7.84. The second-order valence-electron chi connectivity index (χ2n) is 10.5. The molecule has 1 aliphatic carbocycles. The van der Waals surface area contributed by atoms with Gasteiger partial charge in [-0.25, -0.2) is 4.31 Å². The van der Waals surface area contributed by atoms with E-state index < -0.39 is 10.0 Å². The highest BCUT2D eigenvalue weighted by Crippen LogP contribution is 2.45. The maximum Gasteiger partial charge on any atom is 0.316 e. The zero-order valence-corrected chi connectivity index (χ0v) is 22.1. The lowest BCUT2D eigenvalue weighted by molar-refractivity contribution is -0.768. The van der Waals surface area contributed by atoms with Crippen LogP contribution in [0.15, 0.2) is 59.5 Å². The molecule has 1 aliphatic heterocycles. The van der Waals surface area contributed by atoms with E-state index in [-0.39, 0.29) is 22.5 Å². The first-order chi connectivity index (χ1) is 17.6. The van der Waals surface area contributed by atoms with Crippen molar-refractivity contribution < 1.29 is 17.5 Å². The van der Waals surface area contributed by atoms with E-state index in [1.54, 1.807) is 30.5 Å². The summed E-state index contributed by atoms with van der Waals surface area (Å²) in [5.41, 5.74) is 3.45. The number of aryl methyl sites for hydroxylation is 1. The molecule has 3 aromatic rings. The average Bonchev–Trinajstić information content (AvgIpc) is 3.61. The van der Waals surface area contributed by atoms with Gasteiger partial charge < -0.3 is 9.64 Å². The number of hydrogen-bond donors (Lipinski definition) is 1. The molecule has 1 N–H and O–H groups in total. The number of quaternary nitrogens is 1. The first kappa shape index (κ1) is 25.5. The summed E-state index contributed by atoms with van der Waals surface area (Å²) in [6.07, 6.45) is 3.82. The highest BCUT2D eigenvalue weighted by atomic mass is 32.2. The van der Waals surface area contributed by atoms with Crippen molar-refractivity contribution in [3.63, 3.8) is 0 Å². The minimum Gasteiger partial charge on any atom is -0.486 e. The summed E-state index contributed by atoms with van der Waals surface area (Å²) in [4.78, 5) is 15.6. The molecule has 5 rings (SSSR count). The Morgan fingerprint density at radius 2 is 1.81 bits per heavy atom. The number of piperazine rings is 1. The summed E-state index contributed by atoms with van der Waals surface area (Å²) in [6.45, 7) is 6.33. The van der Waals surface area contributed by atoms with Crippen molar-refractivity contribution in [3.05, 3.63) is 76.2 Å². The minimum atomic E-state index is -3.40. The number of nitrogens with one attached hydrogen (secondary N) is 1. The molecule has 2 fully saturated rings. The number of anilines is 1. The lowest BCUT2D eigenvalue weighted by Crippen LogP contribution is -3.16. The molecular weight excluding hydrogens is 487 g/mol. The van der Waals surface area contributed by atoms with Crippen molar-refractivity contribution in [1.29, 1.82) is 0 Å². The third-order valence-electron chi connectivity index (χ3n) is 7.27. The Morgan fingerprint density at radius 3 is 2.46 bits per heavy atom. The predicted molar refractivity (Wildman–Crippen MR) is 145 cm³/mol. The number of hydrogen-bond acceptors (Lipinski definition) is 6. The Kier molecular flexibility index (Phi) is 6.89. The second kappa shape index (κ2) is 9.98. The Morgan fingerprint density at radius 1 is 1.11 bits per heavy atom. The van der Waals surface area contributed by atoms with E-state index in [0.29, 0.717) is 53.9 Å². The van der Waals surface area contributed by atoms with Crippen LogP contribution in [0.2, 0.25) is 0 Å². The topological polar surface area (TPSA) is 85.9 Å². The third-order valence-corrected chi connectivity index (χ3v) is 9.27. The molecule has 0 unspecified atom stereocenters. The molecule has 37 heavy (non-hydrogen) atoms. The van der Waals surface area contributed by atoms with Crippen LogP contribution in [0.25, 0.3) is 5.69 Å². The van der Waals surface area contributed by atoms with Crippen molar-refractivity contribution in [2.45, 2.75) is 32.4 Å². The molecule has 0 bridgehead atoms. The lowest BCUT2D eigenvalue weighted by atomic mass is 9.96. The van der Waals surface area contributed by atoms with Crippen molar-refractivity contribution in [2.24, 2.45) is 5.41 Å². The Labute approximate surface area is 219 Å². The molecule has 10 heteroatoms. The molecule has 2 aliphatic rings. The molecule has 192 valence electrons. The Balaban J connectivity index is 1.36. The fourth-order valence-corrected chi connectivity index (χ4v) is 6.22. The van der Waals surface area contributed by atoms with Crippen LogP contribution in [0.5, 0.6) is 5.75 Å². The monoisotopic (exact) mass is 519 g/mol. The van der Waals surface area contributed by atoms with Gasteiger partial charge in [0.1, 0.15) is 32.4 Å². The summed E-state index contributed by atoms with van der Waals surface area (Å²) in [6, 6.07) is 14.6. The van der Waals surface area contributed by atoms with Crippen LogP contribution in [-0.4, -0.2) is 58.8 Å². The van der Waals surface area contributed by atoms with Gasteiger partial charge in [-0.05, 0) is 43.0 Å². The SMILES string of the molecule is [B]c1ccc(CS(=O)(=O)[NH+]2CCN(c3cnn(-c4cccc(C)c4)c(=O)c3OCC3(C)CC3)CC2)cc1. The average molecular weight is 519 g/mol. The second-order valence-corrected chi connectivity index (χ2v) is 12.6. The predicted octanol–water partition coefficient (Wildman–Crippen LogP) is 0.749. The molecule has 0 amide bonds. The van der Waals surface area contributed by atoms with E-state index in [2.05, 4.69) is 12.0 Å². The van der Waals surface area contributed by atoms with Crippen LogP contribution in [0.1, 0.15) is 30.9 Å². The van der Waals surface area contributed by atoms with Gasteiger partial charge in [-0.3, -0.25) is 4.79 Å². The van der Waals surface area contributed by atoms with Gasteiger partial charge in [0, 0.05) is 5.41 Å². The van der Waals surface area contributed by atoms with Crippen LogP contribution < -0.4 is 25.0 Å². The van der Waals surface area contributed by atoms with Crippen molar-refractivity contribution in [3.8, 4) is 11.4 Å². The summed E-state index contributed by atoms with van der Waals surface area (Å²) < 4.78 is 34.2. The molecule has 2 heterocycles. The highest BCUT2D eigenvalue weighted by Gasteiger charge is 2.39. The quantitative estimate of drug-likeness (QED) is 0.443. The number of nitrogens with zero attached hydrogens (tertiary/aromatic N) is 3. The van der Waals surface area contributed by atoms with Gasteiger partial charge in [0.25, 0.3) is 10.0 Å². The number of benzene rings is 2. The van der Waals surface area contributed by atoms with Gasteiger partial charge in [-0.15, -0.1) is 0 Å². The van der Waals surface area contributed by atoms with E-state index >= 15 is 0 Å². The smallest absolute Gasteiger partial charge is 0.316 e. The first-order valence-corrected chi connectivity index (χ1v) is 14.3. The summed E-state index contributed by atoms with van der Waals surface area (Å²) in [5.74, 6) is 0.238. The van der Waals surface area contributed by atoms with E-state index in [4.69, 9.17) is 12.6 Å². The van der Waals surface area contributed by atoms with Gasteiger partial charge in [-0.1, -0.05) is 48.8 Å². The van der Waals surface area contributed by atoms with Crippen molar-refractivity contribution in [1.82, 2.24) is 9.78 Å². The molecule has 1 saturated carbocycles. The zero-order valence-electron chi connectivity index (χ0n) is 21.3. The van der Waals surface area contributed by atoms with E-state index in [0.717, 1.165) is 24.0 Å². The standard InChI is InChI=1S/C27H31BN4O4S/c1-20-4-3-5-23(16-20)32-26(33)25(36-19-27(2)10-11-27)24(17-29-32)30-12-14-31(15-13-30)37(34,35)18-21-6-8-22(28)9-7-21/h3-9,16-17H,10-15,18-19H2,1-2H3/p+1. The zero-order chi connectivity index (χ0) is 26.2. The first-order valence-electron chi connectivity index (χ1n) is 12.6. The summed E-state index contributed by atoms with van der Waals surface area (Å²) in [7, 11) is 2.32. The van der Waals surface area contributed by atoms with E-state index in [1.807, 2.05) is 36.1 Å². The molecule has 2 aromatic carbocycles. The van der Waals surface area contributed by atoms with Crippen LogP contribution >= 0.6 is 0 Å². The van der Waals surface area contributed by atoms with Gasteiger partial charge in [0.05, 0.1) is 31.6 Å². The molecule has 0 atom stereocenters. The maximum absolute atomic E-state index is 13.6. The van der Waals surface area contributed by atoms with Gasteiger partial charge >= 0.3 is 5.56 Å². The largest absolute Gasteiger partial charge is 0.486 e. The molecule has 2 radical (unpaired) electrons. The minimum absolute atomic E-state index is 0.0380. The van der Waals surface area contributed by atoms with Crippen molar-refractivity contribution >= 4 is 29.0 Å². The van der Waals surface area contributed by atoms with Crippen molar-refractivity contribution in [2.75, 3.05) is 37.7 Å². The number of rotatable bonds is 8. The van der Waals surface area contributed by atoms with Gasteiger partial charge in [0.15, 0.2) is 0 Å². The number of aromatic nitrogens is 2. The lowest BCUT2D eigenvalue weighted by Gasteiger charge is -2.33. The summed E-state index contributed by atoms with van der Waals surface area (Å²) >= 11 is 0. The van der Waals surface area contributed by atoms with Crippen LogP contribution in [0.3, 0.4) is 0 Å². The van der Waals surface area contributed by atoms with Crippen LogP contribution in [0, 0.1) is 12.3 Å². The maximum atomic E-state index is 13.6. The molecule has 1 aromatic heterocycles. The summed E-state index contributed by atoms with van der Waals surface area (Å²) in [5, 5.41) is 4.46. The van der Waals surface area contributed by atoms with Gasteiger partial charge in [0.2, 0.25) is 5.75 Å². The number of ether oxygens (including phenoxy) is 1. The van der Waals surface area contributed by atoms with Gasteiger partial charge in [-0.2, -0.15) is 18.2 Å². The normalized spacial score (nSPS) is 17.5. The fraction of sp³-hybridized carbons (Fsp3) is 0.407. The Bertz CT molecular complexity index is 1440. The number of sulfonamides is 1. The molecule has 8 nitrogen and oxygen atoms in total. The molecular formula is C27H32BN4O4S+. The fourth-order valence-electron chi connectivity index (χ4n) is 4.58. The van der Waals surface area contributed by atoms with Crippen LogP contribution in [0.4, 0.5) is 5.69 Å². The van der Waals surface area contributed by atoms with E-state index in [1.165, 1.54) is 4.68 Å². The molecule has 0 spiro atoms. The van der Waals surface area contributed by atoms with Crippen LogP contribution in [-0.2, 0) is 15.8 Å². The molecule has 1 saturated heterocycles.